The molecule has 0 amide bonds. The van der Waals surface area contributed by atoms with Crippen LogP contribution in [0.3, 0.4) is 0 Å². The molecule has 152 valence electrons. The van der Waals surface area contributed by atoms with Crippen LogP contribution in [0.2, 0.25) is 0 Å². The van der Waals surface area contributed by atoms with Gasteiger partial charge in [0.05, 0.1) is 11.2 Å². The van der Waals surface area contributed by atoms with E-state index in [1.165, 1.54) is 10.9 Å². The molecule has 0 N–H and O–H groups in total. The van der Waals surface area contributed by atoms with Gasteiger partial charge in [-0.25, -0.2) is 0 Å². The molecular weight excluding hydrogens is 375 g/mol. The van der Waals surface area contributed by atoms with Gasteiger partial charge in [-0.3, -0.25) is 0 Å². The summed E-state index contributed by atoms with van der Waals surface area (Å²) in [5.74, 6) is 1.20. The van der Waals surface area contributed by atoms with Crippen LogP contribution in [0, 0.1) is 0 Å². The highest BCUT2D eigenvalue weighted by Gasteiger charge is 2.53. The van der Waals surface area contributed by atoms with Gasteiger partial charge in [0.15, 0.2) is 0 Å². The van der Waals surface area contributed by atoms with Gasteiger partial charge in [0.25, 0.3) is 0 Å². The minimum absolute atomic E-state index is 0.291. The molecule has 2 aromatic heterocycles. The van der Waals surface area contributed by atoms with Crippen LogP contribution in [-0.2, 0) is 9.31 Å². The predicted molar refractivity (Wildman–Crippen MR) is 121 cm³/mol. The first-order valence-electron chi connectivity index (χ1n) is 10.7. The molecule has 5 heteroatoms. The first kappa shape index (κ1) is 18.3. The number of para-hydroxylation sites is 1. The van der Waals surface area contributed by atoms with Crippen molar-refractivity contribution >= 4 is 46.1 Å². The first-order valence-corrected chi connectivity index (χ1v) is 10.7. The Hall–Kier alpha value is -2.50. The molecule has 0 radical (unpaired) electrons. The van der Waals surface area contributed by atoms with E-state index in [1.807, 2.05) is 24.3 Å². The van der Waals surface area contributed by atoms with Crippen molar-refractivity contribution in [2.45, 2.75) is 58.2 Å². The van der Waals surface area contributed by atoms with Gasteiger partial charge in [0.2, 0.25) is 0 Å². The fourth-order valence-electron chi connectivity index (χ4n) is 4.88. The second kappa shape index (κ2) is 5.80. The molecule has 6 rings (SSSR count). The zero-order valence-electron chi connectivity index (χ0n) is 18.0. The van der Waals surface area contributed by atoms with Gasteiger partial charge in [-0.2, -0.15) is 0 Å². The van der Waals surface area contributed by atoms with E-state index in [0.29, 0.717) is 5.92 Å². The van der Waals surface area contributed by atoms with Crippen molar-refractivity contribution in [3.8, 4) is 0 Å². The molecule has 1 saturated heterocycles. The lowest BCUT2D eigenvalue weighted by Crippen LogP contribution is -2.41. The second-order valence-corrected chi connectivity index (χ2v) is 9.70. The van der Waals surface area contributed by atoms with Crippen LogP contribution < -0.4 is 0 Å². The fourth-order valence-corrected chi connectivity index (χ4v) is 4.88. The van der Waals surface area contributed by atoms with Crippen molar-refractivity contribution in [2.75, 3.05) is 0 Å². The van der Waals surface area contributed by atoms with E-state index in [0.717, 1.165) is 45.2 Å². The normalized spacial score (nSPS) is 22.8. The molecular formula is C25H25BO4. The Morgan fingerprint density at radius 2 is 1.50 bits per heavy atom. The Morgan fingerprint density at radius 3 is 2.23 bits per heavy atom. The number of fused-ring (bicyclic) bond motifs is 7. The Bertz CT molecular complexity index is 1340. The van der Waals surface area contributed by atoms with Crippen LogP contribution in [0.15, 0.2) is 50.7 Å². The minimum Gasteiger partial charge on any atom is -0.456 e. The summed E-state index contributed by atoms with van der Waals surface area (Å²) < 4.78 is 25.1. The lowest BCUT2D eigenvalue weighted by Gasteiger charge is -2.32. The Balaban J connectivity index is 1.55. The van der Waals surface area contributed by atoms with Crippen molar-refractivity contribution in [3.63, 3.8) is 0 Å². The zero-order chi connectivity index (χ0) is 20.8. The monoisotopic (exact) mass is 400 g/mol. The molecule has 0 spiro atoms. The third-order valence-corrected chi connectivity index (χ3v) is 7.17. The van der Waals surface area contributed by atoms with Crippen LogP contribution in [0.25, 0.3) is 39.0 Å². The van der Waals surface area contributed by atoms with Crippen LogP contribution in [0.1, 0.15) is 58.3 Å². The van der Waals surface area contributed by atoms with Gasteiger partial charge in [-0.15, -0.1) is 0 Å². The third-order valence-electron chi connectivity index (χ3n) is 7.17. The highest BCUT2D eigenvalue weighted by molar-refractivity contribution is 6.55. The van der Waals surface area contributed by atoms with E-state index in [9.17, 15) is 0 Å². The summed E-state index contributed by atoms with van der Waals surface area (Å²) in [5, 5.41) is 3.45. The van der Waals surface area contributed by atoms with Gasteiger partial charge in [-0.1, -0.05) is 25.1 Å². The molecule has 1 unspecified atom stereocenters. The van der Waals surface area contributed by atoms with Gasteiger partial charge < -0.3 is 18.1 Å². The van der Waals surface area contributed by atoms with Crippen LogP contribution in [0.5, 0.6) is 0 Å². The predicted octanol–water partition coefficient (Wildman–Crippen LogP) is 6.85. The number of furan rings is 2. The summed E-state index contributed by atoms with van der Waals surface area (Å²) in [4.78, 5) is 0. The maximum Gasteiger partial charge on any atom is 0.490 e. The summed E-state index contributed by atoms with van der Waals surface area (Å²) in [6.07, 6.45) is 3.01. The molecule has 4 nitrogen and oxygen atoms in total. The molecule has 1 aliphatic carbocycles. The van der Waals surface area contributed by atoms with Crippen LogP contribution in [-0.4, -0.2) is 18.3 Å². The summed E-state index contributed by atoms with van der Waals surface area (Å²) in [6, 6.07) is 12.2. The highest BCUT2D eigenvalue weighted by atomic mass is 16.7. The Kier molecular flexibility index (Phi) is 3.54. The van der Waals surface area contributed by atoms with E-state index in [2.05, 4.69) is 52.8 Å². The average molecular weight is 400 g/mol. The molecule has 1 atom stereocenters. The SMILES string of the molecule is CC1CC(B2OC(C)(C)C(C)(C)O2)=Cc2oc3ccc4oc5ccccc5c4c3c21. The topological polar surface area (TPSA) is 44.7 Å². The van der Waals surface area contributed by atoms with Crippen LogP contribution in [0.4, 0.5) is 0 Å². The second-order valence-electron chi connectivity index (χ2n) is 9.70. The molecule has 2 aliphatic rings. The molecule has 4 aromatic rings. The quantitative estimate of drug-likeness (QED) is 0.328. The van der Waals surface area contributed by atoms with E-state index in [1.54, 1.807) is 0 Å². The summed E-state index contributed by atoms with van der Waals surface area (Å²) in [5.41, 5.74) is 4.41. The standard InChI is InChI=1S/C25H25BO4/c1-14-12-15(26-29-24(2,3)25(4,5)30-26)13-20-21(14)23-19(28-20)11-10-18-22(23)16-8-6-7-9-17(16)27-18/h6-11,13-14H,12H2,1-5H3. The molecule has 2 aromatic carbocycles. The molecule has 3 heterocycles. The smallest absolute Gasteiger partial charge is 0.456 e. The molecule has 30 heavy (non-hydrogen) atoms. The lowest BCUT2D eigenvalue weighted by atomic mass is 9.69. The van der Waals surface area contributed by atoms with Crippen molar-refractivity contribution in [3.05, 3.63) is 53.2 Å². The molecule has 1 aliphatic heterocycles. The third kappa shape index (κ3) is 2.36. The fraction of sp³-hybridized carbons (Fsp3) is 0.360. The zero-order valence-corrected chi connectivity index (χ0v) is 18.0. The lowest BCUT2D eigenvalue weighted by molar-refractivity contribution is 0.00578. The average Bonchev–Trinajstić information content (AvgIpc) is 3.30. The van der Waals surface area contributed by atoms with E-state index < -0.39 is 0 Å². The maximum atomic E-state index is 6.35. The van der Waals surface area contributed by atoms with Gasteiger partial charge in [0.1, 0.15) is 22.5 Å². The summed E-state index contributed by atoms with van der Waals surface area (Å²) in [6.45, 7) is 10.6. The largest absolute Gasteiger partial charge is 0.490 e. The van der Waals surface area contributed by atoms with Crippen molar-refractivity contribution < 1.29 is 18.1 Å². The summed E-state index contributed by atoms with van der Waals surface area (Å²) >= 11 is 0. The first-order chi connectivity index (χ1) is 14.2. The Morgan fingerprint density at radius 1 is 0.833 bits per heavy atom. The molecule has 0 bridgehead atoms. The number of hydrogen-bond acceptors (Lipinski definition) is 4. The van der Waals surface area contributed by atoms with Crippen LogP contribution >= 0.6 is 0 Å². The van der Waals surface area contributed by atoms with Gasteiger partial charge in [-0.05, 0) is 69.8 Å². The van der Waals surface area contributed by atoms with E-state index in [-0.39, 0.29) is 18.3 Å². The van der Waals surface area contributed by atoms with E-state index >= 15 is 0 Å². The number of benzene rings is 2. The summed E-state index contributed by atoms with van der Waals surface area (Å²) in [7, 11) is -0.339. The van der Waals surface area contributed by atoms with Crippen molar-refractivity contribution in [1.82, 2.24) is 0 Å². The van der Waals surface area contributed by atoms with E-state index in [4.69, 9.17) is 18.1 Å². The van der Waals surface area contributed by atoms with Crippen molar-refractivity contribution in [1.29, 1.82) is 0 Å². The highest BCUT2D eigenvalue weighted by Crippen LogP contribution is 2.47. The molecule has 1 fully saturated rings. The van der Waals surface area contributed by atoms with Crippen molar-refractivity contribution in [2.24, 2.45) is 0 Å². The van der Waals surface area contributed by atoms with Gasteiger partial charge in [0, 0.05) is 21.7 Å². The number of allylic oxidation sites excluding steroid dienone is 1. The van der Waals surface area contributed by atoms with Gasteiger partial charge >= 0.3 is 7.12 Å². The number of hydrogen-bond donors (Lipinski definition) is 0. The Labute approximate surface area is 175 Å². The molecule has 0 saturated carbocycles. The minimum atomic E-state index is -0.349. The number of rotatable bonds is 1. The maximum absolute atomic E-state index is 6.35.